The summed E-state index contributed by atoms with van der Waals surface area (Å²) in [6.07, 6.45) is 4.32. The Morgan fingerprint density at radius 3 is 2.62 bits per heavy atom. The van der Waals surface area contributed by atoms with Gasteiger partial charge in [-0.2, -0.15) is 4.68 Å². The van der Waals surface area contributed by atoms with E-state index in [2.05, 4.69) is 15.4 Å². The van der Waals surface area contributed by atoms with Crippen LogP contribution in [-0.4, -0.2) is 42.2 Å². The number of hydrogen-bond acceptors (Lipinski definition) is 8. The SMILES string of the molecule is COCCOc1ccc(C(Nc2ccc(C)cc2)c2nn(/C(N)=C/C=C\N)c(=O)[nH]2)cc1OC. The van der Waals surface area contributed by atoms with Gasteiger partial charge in [0.1, 0.15) is 18.5 Å². The van der Waals surface area contributed by atoms with Gasteiger partial charge in [0.15, 0.2) is 17.3 Å². The summed E-state index contributed by atoms with van der Waals surface area (Å²) in [6.45, 7) is 2.85. The van der Waals surface area contributed by atoms with E-state index in [0.29, 0.717) is 30.5 Å². The van der Waals surface area contributed by atoms with Crippen molar-refractivity contribution in [3.8, 4) is 11.5 Å². The van der Waals surface area contributed by atoms with Crippen LogP contribution in [0.3, 0.4) is 0 Å². The lowest BCUT2D eigenvalue weighted by Crippen LogP contribution is -2.21. The molecule has 0 aliphatic heterocycles. The van der Waals surface area contributed by atoms with E-state index in [1.54, 1.807) is 14.2 Å². The number of aromatic nitrogens is 3. The van der Waals surface area contributed by atoms with E-state index in [0.717, 1.165) is 21.5 Å². The van der Waals surface area contributed by atoms with Gasteiger partial charge in [-0.15, -0.1) is 5.10 Å². The van der Waals surface area contributed by atoms with E-state index in [9.17, 15) is 4.79 Å². The second-order valence-corrected chi connectivity index (χ2v) is 7.40. The van der Waals surface area contributed by atoms with Gasteiger partial charge in [-0.1, -0.05) is 23.8 Å². The highest BCUT2D eigenvalue weighted by Crippen LogP contribution is 2.33. The number of nitrogens with two attached hydrogens (primary N) is 2. The Balaban J connectivity index is 2.03. The highest BCUT2D eigenvalue weighted by atomic mass is 16.5. The number of allylic oxidation sites excluding steroid dienone is 2. The van der Waals surface area contributed by atoms with Crippen molar-refractivity contribution in [2.24, 2.45) is 11.5 Å². The van der Waals surface area contributed by atoms with Gasteiger partial charge in [-0.3, -0.25) is 4.98 Å². The summed E-state index contributed by atoms with van der Waals surface area (Å²) in [5, 5.41) is 7.85. The summed E-state index contributed by atoms with van der Waals surface area (Å²) in [4.78, 5) is 15.4. The molecular formula is C24H30N6O4. The van der Waals surface area contributed by atoms with E-state index in [-0.39, 0.29) is 5.82 Å². The Labute approximate surface area is 197 Å². The minimum Gasteiger partial charge on any atom is -0.493 e. The Bertz CT molecular complexity index is 1200. The molecule has 34 heavy (non-hydrogen) atoms. The van der Waals surface area contributed by atoms with Crippen LogP contribution in [0.5, 0.6) is 11.5 Å². The van der Waals surface area contributed by atoms with E-state index in [1.807, 2.05) is 49.4 Å². The van der Waals surface area contributed by atoms with Crippen molar-refractivity contribution in [3.05, 3.63) is 88.3 Å². The zero-order valence-electron chi connectivity index (χ0n) is 19.4. The van der Waals surface area contributed by atoms with Crippen LogP contribution >= 0.6 is 0 Å². The van der Waals surface area contributed by atoms with E-state index in [4.69, 9.17) is 25.7 Å². The summed E-state index contributed by atoms with van der Waals surface area (Å²) in [6, 6.07) is 12.9. The average molecular weight is 467 g/mol. The first-order valence-electron chi connectivity index (χ1n) is 10.6. The lowest BCUT2D eigenvalue weighted by Gasteiger charge is -2.20. The Kier molecular flexibility index (Phi) is 8.36. The molecule has 1 unspecified atom stereocenters. The maximum atomic E-state index is 12.6. The Morgan fingerprint density at radius 1 is 1.18 bits per heavy atom. The molecule has 0 radical (unpaired) electrons. The highest BCUT2D eigenvalue weighted by molar-refractivity contribution is 5.51. The van der Waals surface area contributed by atoms with Crippen molar-refractivity contribution in [1.82, 2.24) is 14.8 Å². The van der Waals surface area contributed by atoms with Crippen LogP contribution in [0, 0.1) is 6.92 Å². The monoisotopic (exact) mass is 466 g/mol. The average Bonchev–Trinajstić information content (AvgIpc) is 3.23. The smallest absolute Gasteiger partial charge is 0.349 e. The first-order valence-corrected chi connectivity index (χ1v) is 10.6. The molecule has 2 aromatic carbocycles. The number of anilines is 1. The maximum Gasteiger partial charge on any atom is 0.349 e. The third kappa shape index (κ3) is 5.99. The number of benzene rings is 2. The number of aromatic amines is 1. The van der Waals surface area contributed by atoms with Crippen molar-refractivity contribution >= 4 is 11.5 Å². The van der Waals surface area contributed by atoms with Gasteiger partial charge in [0.25, 0.3) is 0 Å². The number of nitrogens with one attached hydrogen (secondary N) is 2. The fraction of sp³-hybridized carbons (Fsp3) is 0.250. The fourth-order valence-electron chi connectivity index (χ4n) is 3.21. The minimum absolute atomic E-state index is 0.128. The predicted molar refractivity (Wildman–Crippen MR) is 132 cm³/mol. The molecule has 0 spiro atoms. The van der Waals surface area contributed by atoms with Crippen LogP contribution in [0.15, 0.2) is 65.6 Å². The summed E-state index contributed by atoms with van der Waals surface area (Å²) in [5.41, 5.74) is 13.7. The quantitative estimate of drug-likeness (QED) is 0.249. The van der Waals surface area contributed by atoms with Crippen LogP contribution < -0.4 is 31.9 Å². The maximum absolute atomic E-state index is 12.6. The second kappa shape index (κ2) is 11.6. The van der Waals surface area contributed by atoms with Crippen molar-refractivity contribution < 1.29 is 14.2 Å². The number of H-pyrrole nitrogens is 1. The molecule has 10 nitrogen and oxygen atoms in total. The third-order valence-electron chi connectivity index (χ3n) is 4.96. The molecule has 3 aromatic rings. The molecule has 0 saturated heterocycles. The van der Waals surface area contributed by atoms with Gasteiger partial charge in [-0.25, -0.2) is 4.79 Å². The molecule has 3 rings (SSSR count). The van der Waals surface area contributed by atoms with Gasteiger partial charge in [0, 0.05) is 12.8 Å². The largest absolute Gasteiger partial charge is 0.493 e. The zero-order chi connectivity index (χ0) is 24.5. The highest BCUT2D eigenvalue weighted by Gasteiger charge is 2.22. The summed E-state index contributed by atoms with van der Waals surface area (Å²) < 4.78 is 17.4. The van der Waals surface area contributed by atoms with Crippen LogP contribution in [0.2, 0.25) is 0 Å². The van der Waals surface area contributed by atoms with Gasteiger partial charge in [0.05, 0.1) is 13.7 Å². The van der Waals surface area contributed by atoms with Crippen LogP contribution in [0.25, 0.3) is 5.82 Å². The topological polar surface area (TPSA) is 142 Å². The molecule has 0 fully saturated rings. The van der Waals surface area contributed by atoms with Crippen molar-refractivity contribution in [3.63, 3.8) is 0 Å². The van der Waals surface area contributed by atoms with E-state index < -0.39 is 11.7 Å². The molecule has 1 heterocycles. The Hall–Kier alpha value is -4.18. The molecule has 1 atom stereocenters. The normalized spacial score (nSPS) is 12.6. The molecule has 1 aromatic heterocycles. The van der Waals surface area contributed by atoms with Crippen molar-refractivity contribution in [2.45, 2.75) is 13.0 Å². The molecular weight excluding hydrogens is 436 g/mol. The molecule has 6 N–H and O–H groups in total. The molecule has 0 saturated carbocycles. The summed E-state index contributed by atoms with van der Waals surface area (Å²) >= 11 is 0. The van der Waals surface area contributed by atoms with Crippen LogP contribution in [-0.2, 0) is 4.74 Å². The van der Waals surface area contributed by atoms with Gasteiger partial charge >= 0.3 is 5.69 Å². The molecule has 0 amide bonds. The number of hydrogen-bond donors (Lipinski definition) is 4. The van der Waals surface area contributed by atoms with Crippen LogP contribution in [0.1, 0.15) is 23.0 Å². The standard InChI is InChI=1S/C24H30N6O4/c1-16-6-9-18(10-7-16)27-22(23-28-24(31)30(29-23)21(26)5-4-12-25)17-8-11-19(20(15-17)33-3)34-14-13-32-2/h4-12,15,22,27H,13-14,25-26H2,1-3H3,(H,28,29,31)/b12-4-,21-5+. The van der Waals surface area contributed by atoms with Crippen molar-refractivity contribution in [1.29, 1.82) is 0 Å². The van der Waals surface area contributed by atoms with Gasteiger partial charge in [-0.05, 0) is 55.1 Å². The zero-order valence-corrected chi connectivity index (χ0v) is 19.4. The third-order valence-corrected chi connectivity index (χ3v) is 4.96. The number of ether oxygens (including phenoxy) is 3. The lowest BCUT2D eigenvalue weighted by atomic mass is 10.0. The number of aryl methyl sites for hydroxylation is 1. The van der Waals surface area contributed by atoms with Crippen LogP contribution in [0.4, 0.5) is 5.69 Å². The summed E-state index contributed by atoms with van der Waals surface area (Å²) in [5.74, 6) is 1.62. The number of rotatable bonds is 11. The minimum atomic E-state index is -0.517. The van der Waals surface area contributed by atoms with E-state index >= 15 is 0 Å². The first-order chi connectivity index (χ1) is 16.5. The second-order valence-electron chi connectivity index (χ2n) is 7.40. The fourth-order valence-corrected chi connectivity index (χ4v) is 3.21. The first kappa shape index (κ1) is 24.5. The molecule has 0 aliphatic carbocycles. The van der Waals surface area contributed by atoms with Gasteiger partial charge in [0.2, 0.25) is 0 Å². The van der Waals surface area contributed by atoms with Gasteiger partial charge < -0.3 is 31.0 Å². The summed E-state index contributed by atoms with van der Waals surface area (Å²) in [7, 11) is 3.18. The lowest BCUT2D eigenvalue weighted by molar-refractivity contribution is 0.144. The number of methoxy groups -OCH3 is 2. The number of nitrogens with zero attached hydrogens (tertiary/aromatic N) is 2. The molecule has 0 aliphatic rings. The predicted octanol–water partition coefficient (Wildman–Crippen LogP) is 2.34. The molecule has 10 heteroatoms. The van der Waals surface area contributed by atoms with Crippen molar-refractivity contribution in [2.75, 3.05) is 32.8 Å². The Morgan fingerprint density at radius 2 is 1.94 bits per heavy atom. The molecule has 0 bridgehead atoms. The van der Waals surface area contributed by atoms with E-state index in [1.165, 1.54) is 18.4 Å². The molecule has 180 valence electrons.